The van der Waals surface area contributed by atoms with Crippen molar-refractivity contribution in [1.29, 1.82) is 0 Å². The van der Waals surface area contributed by atoms with Crippen LogP contribution in [0, 0.1) is 16.0 Å². The molecule has 0 bridgehead atoms. The summed E-state index contributed by atoms with van der Waals surface area (Å²) in [5.41, 5.74) is 5.35. The van der Waals surface area contributed by atoms with Gasteiger partial charge in [0, 0.05) is 10.8 Å². The Hall–Kier alpha value is -0.970. The lowest BCUT2D eigenvalue weighted by Gasteiger charge is -2.11. The van der Waals surface area contributed by atoms with Crippen LogP contribution in [0.1, 0.15) is 13.8 Å². The molecule has 0 aliphatic carbocycles. The number of nitrogens with zero attached hydrogens (tertiary/aromatic N) is 1. The SMILES string of the molecule is CC(=O)[C@@H](N)[C@@H](C)C[N+](=O)[O-]. The topological polar surface area (TPSA) is 86.2 Å². The summed E-state index contributed by atoms with van der Waals surface area (Å²) in [6.07, 6.45) is 0. The van der Waals surface area contributed by atoms with Crippen molar-refractivity contribution in [3.05, 3.63) is 10.1 Å². The van der Waals surface area contributed by atoms with E-state index in [0.29, 0.717) is 0 Å². The van der Waals surface area contributed by atoms with Gasteiger partial charge in [-0.25, -0.2) is 0 Å². The molecule has 0 aromatic heterocycles. The summed E-state index contributed by atoms with van der Waals surface area (Å²) < 4.78 is 0. The summed E-state index contributed by atoms with van der Waals surface area (Å²) in [6, 6.07) is -0.708. The quantitative estimate of drug-likeness (QED) is 0.456. The largest absolute Gasteiger partial charge is 0.321 e. The highest BCUT2D eigenvalue weighted by molar-refractivity contribution is 5.81. The third-order valence-corrected chi connectivity index (χ3v) is 1.52. The van der Waals surface area contributed by atoms with Crippen LogP contribution in [-0.4, -0.2) is 23.3 Å². The molecular weight excluding hydrogens is 148 g/mol. The third kappa shape index (κ3) is 3.67. The molecule has 5 heteroatoms. The summed E-state index contributed by atoms with van der Waals surface area (Å²) in [6.45, 7) is 2.68. The first-order valence-corrected chi connectivity index (χ1v) is 3.33. The van der Waals surface area contributed by atoms with E-state index in [2.05, 4.69) is 0 Å². The molecule has 0 unspecified atom stereocenters. The first kappa shape index (κ1) is 10.0. The third-order valence-electron chi connectivity index (χ3n) is 1.52. The molecule has 64 valence electrons. The fourth-order valence-corrected chi connectivity index (χ4v) is 0.749. The first-order chi connectivity index (χ1) is 4.95. The van der Waals surface area contributed by atoms with Crippen LogP contribution in [0.25, 0.3) is 0 Å². The molecule has 0 aliphatic rings. The summed E-state index contributed by atoms with van der Waals surface area (Å²) in [7, 11) is 0. The second-order valence-corrected chi connectivity index (χ2v) is 2.63. The van der Waals surface area contributed by atoms with Gasteiger partial charge < -0.3 is 5.73 Å². The van der Waals surface area contributed by atoms with Crippen molar-refractivity contribution in [2.75, 3.05) is 6.54 Å². The molecule has 2 N–H and O–H groups in total. The monoisotopic (exact) mass is 160 g/mol. The summed E-state index contributed by atoms with van der Waals surface area (Å²) in [5, 5.41) is 9.98. The molecule has 0 aliphatic heterocycles. The Bertz CT molecular complexity index is 169. The second kappa shape index (κ2) is 4.02. The van der Waals surface area contributed by atoms with Gasteiger partial charge in [0.25, 0.3) is 0 Å². The molecular formula is C6H12N2O3. The highest BCUT2D eigenvalue weighted by Gasteiger charge is 2.21. The van der Waals surface area contributed by atoms with Crippen molar-refractivity contribution in [2.45, 2.75) is 19.9 Å². The second-order valence-electron chi connectivity index (χ2n) is 2.63. The van der Waals surface area contributed by atoms with E-state index in [4.69, 9.17) is 5.73 Å². The minimum absolute atomic E-state index is 0.209. The number of rotatable bonds is 4. The van der Waals surface area contributed by atoms with Crippen LogP contribution in [-0.2, 0) is 4.79 Å². The molecule has 0 saturated heterocycles. The van der Waals surface area contributed by atoms with Gasteiger partial charge >= 0.3 is 0 Å². The molecule has 0 amide bonds. The Morgan fingerprint density at radius 1 is 1.73 bits per heavy atom. The first-order valence-electron chi connectivity index (χ1n) is 3.33. The molecule has 0 aromatic rings. The fourth-order valence-electron chi connectivity index (χ4n) is 0.749. The number of ketones is 1. The van der Waals surface area contributed by atoms with Gasteiger partial charge in [0.15, 0.2) is 0 Å². The zero-order valence-electron chi connectivity index (χ0n) is 6.61. The van der Waals surface area contributed by atoms with Crippen LogP contribution >= 0.6 is 0 Å². The molecule has 11 heavy (non-hydrogen) atoms. The van der Waals surface area contributed by atoms with Crippen LogP contribution in [0.15, 0.2) is 0 Å². The van der Waals surface area contributed by atoms with E-state index in [9.17, 15) is 14.9 Å². The number of carbonyl (C=O) groups excluding carboxylic acids is 1. The average molecular weight is 160 g/mol. The van der Waals surface area contributed by atoms with E-state index in [1.807, 2.05) is 0 Å². The van der Waals surface area contributed by atoms with Gasteiger partial charge in [0.05, 0.1) is 6.04 Å². The van der Waals surface area contributed by atoms with Gasteiger partial charge in [0.1, 0.15) is 5.78 Å². The van der Waals surface area contributed by atoms with Gasteiger partial charge in [0.2, 0.25) is 6.54 Å². The van der Waals surface area contributed by atoms with E-state index in [1.165, 1.54) is 6.92 Å². The molecule has 2 atom stereocenters. The molecule has 0 saturated carbocycles. The lowest BCUT2D eigenvalue weighted by Crippen LogP contribution is -2.38. The minimum Gasteiger partial charge on any atom is -0.321 e. The van der Waals surface area contributed by atoms with Crippen LogP contribution in [0.2, 0.25) is 0 Å². The summed E-state index contributed by atoms with van der Waals surface area (Å²) in [5.74, 6) is -0.596. The fraction of sp³-hybridized carbons (Fsp3) is 0.833. The molecule has 0 radical (unpaired) electrons. The van der Waals surface area contributed by atoms with Gasteiger partial charge in [-0.05, 0) is 6.92 Å². The number of nitrogens with two attached hydrogens (primary N) is 1. The maximum atomic E-state index is 10.6. The van der Waals surface area contributed by atoms with Gasteiger partial charge in [-0.15, -0.1) is 0 Å². The van der Waals surface area contributed by atoms with Crippen LogP contribution < -0.4 is 5.73 Å². The molecule has 0 heterocycles. The van der Waals surface area contributed by atoms with Crippen molar-refractivity contribution < 1.29 is 9.72 Å². The average Bonchev–Trinajstić information content (AvgIpc) is 1.84. The molecule has 0 fully saturated rings. The predicted molar refractivity (Wildman–Crippen MR) is 39.7 cm³/mol. The van der Waals surface area contributed by atoms with Crippen molar-refractivity contribution in [3.63, 3.8) is 0 Å². The molecule has 0 aromatic carbocycles. The number of hydrogen-bond donors (Lipinski definition) is 1. The Balaban J connectivity index is 3.92. The molecule has 5 nitrogen and oxygen atoms in total. The Labute approximate surface area is 64.7 Å². The van der Waals surface area contributed by atoms with Crippen molar-refractivity contribution in [1.82, 2.24) is 0 Å². The normalized spacial score (nSPS) is 15.5. The highest BCUT2D eigenvalue weighted by Crippen LogP contribution is 2.01. The number of hydrogen-bond acceptors (Lipinski definition) is 4. The lowest BCUT2D eigenvalue weighted by atomic mass is 10.0. The molecule has 0 spiro atoms. The van der Waals surface area contributed by atoms with E-state index >= 15 is 0 Å². The maximum absolute atomic E-state index is 10.6. The van der Waals surface area contributed by atoms with E-state index < -0.39 is 11.0 Å². The number of Topliss-reactive ketones (excluding diaryl/α,β-unsaturated/α-hetero) is 1. The highest BCUT2D eigenvalue weighted by atomic mass is 16.6. The van der Waals surface area contributed by atoms with Gasteiger partial charge in [-0.3, -0.25) is 14.9 Å². The van der Waals surface area contributed by atoms with Crippen LogP contribution in [0.5, 0.6) is 0 Å². The number of nitro groups is 1. The zero-order valence-corrected chi connectivity index (χ0v) is 6.61. The molecule has 0 rings (SSSR count). The summed E-state index contributed by atoms with van der Waals surface area (Å²) in [4.78, 5) is 20.1. The minimum atomic E-state index is -0.708. The van der Waals surface area contributed by atoms with Crippen molar-refractivity contribution >= 4 is 5.78 Å². The predicted octanol–water partition coefficient (Wildman–Crippen LogP) is -0.184. The van der Waals surface area contributed by atoms with E-state index in [-0.39, 0.29) is 18.2 Å². The standard InChI is InChI=1S/C6H12N2O3/c1-4(3-8(10)11)6(7)5(2)9/h4,6H,3,7H2,1-2H3/t4-,6-/m0/s1. The van der Waals surface area contributed by atoms with Crippen molar-refractivity contribution in [2.24, 2.45) is 11.7 Å². The van der Waals surface area contributed by atoms with Crippen LogP contribution in [0.4, 0.5) is 0 Å². The maximum Gasteiger partial charge on any atom is 0.208 e. The van der Waals surface area contributed by atoms with Crippen molar-refractivity contribution in [3.8, 4) is 0 Å². The zero-order chi connectivity index (χ0) is 9.02. The summed E-state index contributed by atoms with van der Waals surface area (Å²) >= 11 is 0. The van der Waals surface area contributed by atoms with E-state index in [1.54, 1.807) is 6.92 Å². The number of carbonyl (C=O) groups is 1. The Morgan fingerprint density at radius 3 is 2.45 bits per heavy atom. The van der Waals surface area contributed by atoms with E-state index in [0.717, 1.165) is 0 Å². The van der Waals surface area contributed by atoms with Gasteiger partial charge in [-0.2, -0.15) is 0 Å². The smallest absolute Gasteiger partial charge is 0.208 e. The lowest BCUT2D eigenvalue weighted by molar-refractivity contribution is -0.487. The van der Waals surface area contributed by atoms with Crippen LogP contribution in [0.3, 0.4) is 0 Å². The Kier molecular flexibility index (Phi) is 3.67. The Morgan fingerprint density at radius 2 is 2.18 bits per heavy atom. The van der Waals surface area contributed by atoms with Gasteiger partial charge in [-0.1, -0.05) is 6.92 Å².